The summed E-state index contributed by atoms with van der Waals surface area (Å²) in [6, 6.07) is 5.86. The second kappa shape index (κ2) is 5.05. The van der Waals surface area contributed by atoms with Crippen LogP contribution in [0.3, 0.4) is 0 Å². The molecule has 5 heteroatoms. The summed E-state index contributed by atoms with van der Waals surface area (Å²) in [6.07, 6.45) is 2.18. The Labute approximate surface area is 115 Å². The van der Waals surface area contributed by atoms with Crippen LogP contribution in [-0.2, 0) is 4.79 Å². The highest BCUT2D eigenvalue weighted by Crippen LogP contribution is 2.38. The van der Waals surface area contributed by atoms with E-state index in [4.69, 9.17) is 5.73 Å². The third-order valence-corrected chi connectivity index (χ3v) is 5.72. The molecule has 2 N–H and O–H groups in total. The minimum absolute atomic E-state index is 0.155. The van der Waals surface area contributed by atoms with Crippen LogP contribution >= 0.6 is 23.5 Å². The fraction of sp³-hybridized carbons (Fsp3) is 0.462. The Hall–Kier alpha value is -0.810. The van der Waals surface area contributed by atoms with Gasteiger partial charge in [-0.25, -0.2) is 0 Å². The first-order valence-electron chi connectivity index (χ1n) is 6.21. The molecule has 1 aromatic rings. The van der Waals surface area contributed by atoms with Crippen molar-refractivity contribution in [2.24, 2.45) is 0 Å². The summed E-state index contributed by atoms with van der Waals surface area (Å²) in [7, 11) is 0. The quantitative estimate of drug-likeness (QED) is 0.803. The van der Waals surface area contributed by atoms with Gasteiger partial charge in [0.1, 0.15) is 0 Å². The summed E-state index contributed by atoms with van der Waals surface area (Å²) in [5.41, 5.74) is 7.58. The van der Waals surface area contributed by atoms with E-state index in [1.54, 1.807) is 23.5 Å². The number of rotatable bonds is 1. The average molecular weight is 280 g/mol. The lowest BCUT2D eigenvalue weighted by atomic mass is 10.2. The monoisotopic (exact) mass is 280 g/mol. The zero-order valence-corrected chi connectivity index (χ0v) is 11.7. The van der Waals surface area contributed by atoms with Gasteiger partial charge in [-0.3, -0.25) is 4.79 Å². The van der Waals surface area contributed by atoms with Gasteiger partial charge in [-0.05, 0) is 36.8 Å². The molecule has 0 radical (unpaired) electrons. The van der Waals surface area contributed by atoms with Gasteiger partial charge in [-0.15, -0.1) is 23.5 Å². The second-order valence-electron chi connectivity index (χ2n) is 4.57. The highest BCUT2D eigenvalue weighted by molar-refractivity contribution is 8.00. The first kappa shape index (κ1) is 12.2. The smallest absolute Gasteiger partial charge is 0.240 e. The Morgan fingerprint density at radius 1 is 1.39 bits per heavy atom. The molecular formula is C13H16N2OS2. The number of nitrogen functional groups attached to an aromatic ring is 1. The van der Waals surface area contributed by atoms with Crippen molar-refractivity contribution >= 4 is 40.8 Å². The molecule has 0 aromatic heterocycles. The number of hydrogen-bond acceptors (Lipinski definition) is 4. The lowest BCUT2D eigenvalue weighted by molar-refractivity contribution is -0.118. The van der Waals surface area contributed by atoms with E-state index < -0.39 is 0 Å². The third-order valence-electron chi connectivity index (χ3n) is 3.32. The summed E-state index contributed by atoms with van der Waals surface area (Å²) in [5, 5.41) is 0.155. The van der Waals surface area contributed by atoms with Crippen molar-refractivity contribution in [2.45, 2.75) is 23.0 Å². The van der Waals surface area contributed by atoms with Gasteiger partial charge < -0.3 is 10.6 Å². The van der Waals surface area contributed by atoms with Gasteiger partial charge in [0.15, 0.2) is 0 Å². The van der Waals surface area contributed by atoms with Gasteiger partial charge in [-0.1, -0.05) is 0 Å². The number of carbonyl (C=O) groups excluding carboxylic acids is 1. The highest BCUT2D eigenvalue weighted by atomic mass is 32.2. The van der Waals surface area contributed by atoms with Crippen molar-refractivity contribution in [1.82, 2.24) is 0 Å². The van der Waals surface area contributed by atoms with Gasteiger partial charge in [0.05, 0.1) is 10.9 Å². The van der Waals surface area contributed by atoms with Gasteiger partial charge in [0, 0.05) is 22.9 Å². The van der Waals surface area contributed by atoms with Crippen LogP contribution < -0.4 is 10.6 Å². The minimum Gasteiger partial charge on any atom is -0.399 e. The zero-order chi connectivity index (χ0) is 12.5. The minimum atomic E-state index is 0.155. The third kappa shape index (κ3) is 2.21. The van der Waals surface area contributed by atoms with E-state index >= 15 is 0 Å². The zero-order valence-electron chi connectivity index (χ0n) is 10.1. The Kier molecular flexibility index (Phi) is 3.43. The predicted octanol–water partition coefficient (Wildman–Crippen LogP) is 2.60. The molecule has 1 fully saturated rings. The van der Waals surface area contributed by atoms with Crippen molar-refractivity contribution in [3.05, 3.63) is 18.2 Å². The number of hydrogen-bond donors (Lipinski definition) is 1. The maximum Gasteiger partial charge on any atom is 0.240 e. The Morgan fingerprint density at radius 3 is 3.06 bits per heavy atom. The van der Waals surface area contributed by atoms with E-state index in [2.05, 4.69) is 0 Å². The first-order valence-corrected chi connectivity index (χ1v) is 8.24. The van der Waals surface area contributed by atoms with Crippen LogP contribution in [0.25, 0.3) is 0 Å². The van der Waals surface area contributed by atoms with Gasteiger partial charge >= 0.3 is 0 Å². The Morgan fingerprint density at radius 2 is 2.28 bits per heavy atom. The van der Waals surface area contributed by atoms with Crippen molar-refractivity contribution < 1.29 is 4.79 Å². The SMILES string of the molecule is Nc1ccc2c(c1)N(C(=O)C1CCCS1)CCS2. The lowest BCUT2D eigenvalue weighted by Crippen LogP contribution is -2.40. The van der Waals surface area contributed by atoms with Crippen LogP contribution in [0.5, 0.6) is 0 Å². The molecule has 3 nitrogen and oxygen atoms in total. The number of nitrogens with zero attached hydrogens (tertiary/aromatic N) is 1. The summed E-state index contributed by atoms with van der Waals surface area (Å²) in [4.78, 5) is 15.6. The Bertz CT molecular complexity index is 472. The van der Waals surface area contributed by atoms with Gasteiger partial charge in [0.25, 0.3) is 0 Å². The van der Waals surface area contributed by atoms with Crippen LogP contribution in [0.4, 0.5) is 11.4 Å². The van der Waals surface area contributed by atoms with Gasteiger partial charge in [0.2, 0.25) is 5.91 Å². The molecule has 0 aliphatic carbocycles. The van der Waals surface area contributed by atoms with Crippen LogP contribution in [0.1, 0.15) is 12.8 Å². The molecule has 0 saturated carbocycles. The fourth-order valence-corrected chi connectivity index (χ4v) is 4.61. The van der Waals surface area contributed by atoms with E-state index in [9.17, 15) is 4.79 Å². The standard InChI is InChI=1S/C13H16N2OS2/c14-9-3-4-11-10(8-9)15(5-7-18-11)13(16)12-2-1-6-17-12/h3-4,8,12H,1-2,5-7,14H2. The van der Waals surface area contributed by atoms with E-state index in [0.29, 0.717) is 0 Å². The van der Waals surface area contributed by atoms with E-state index in [-0.39, 0.29) is 11.2 Å². The van der Waals surface area contributed by atoms with Crippen LogP contribution in [-0.4, -0.2) is 29.2 Å². The lowest BCUT2D eigenvalue weighted by Gasteiger charge is -2.31. The number of carbonyl (C=O) groups is 1. The molecule has 2 heterocycles. The predicted molar refractivity (Wildman–Crippen MR) is 79.4 cm³/mol. The second-order valence-corrected chi connectivity index (χ2v) is 7.01. The summed E-state index contributed by atoms with van der Waals surface area (Å²) >= 11 is 3.60. The van der Waals surface area contributed by atoms with Crippen LogP contribution in [0.15, 0.2) is 23.1 Å². The molecule has 1 aromatic carbocycles. The topological polar surface area (TPSA) is 46.3 Å². The molecule has 1 atom stereocenters. The van der Waals surface area contributed by atoms with Gasteiger partial charge in [-0.2, -0.15) is 0 Å². The summed E-state index contributed by atoms with van der Waals surface area (Å²) in [5.74, 6) is 2.35. The molecule has 0 spiro atoms. The largest absolute Gasteiger partial charge is 0.399 e. The van der Waals surface area contributed by atoms with Crippen molar-refractivity contribution in [3.63, 3.8) is 0 Å². The maximum atomic E-state index is 12.5. The number of amides is 1. The summed E-state index contributed by atoms with van der Waals surface area (Å²) in [6.45, 7) is 0.803. The van der Waals surface area contributed by atoms with E-state index in [1.807, 2.05) is 23.1 Å². The average Bonchev–Trinajstić information content (AvgIpc) is 2.91. The molecule has 3 rings (SSSR count). The molecule has 0 bridgehead atoms. The molecule has 96 valence electrons. The summed E-state index contributed by atoms with van der Waals surface area (Å²) < 4.78 is 0. The Balaban J connectivity index is 1.90. The van der Waals surface area contributed by atoms with E-state index in [1.165, 1.54) is 4.90 Å². The van der Waals surface area contributed by atoms with Crippen LogP contribution in [0, 0.1) is 0 Å². The van der Waals surface area contributed by atoms with Crippen LogP contribution in [0.2, 0.25) is 0 Å². The van der Waals surface area contributed by atoms with E-state index in [0.717, 1.165) is 42.3 Å². The fourth-order valence-electron chi connectivity index (χ4n) is 2.41. The maximum absolute atomic E-state index is 12.5. The number of fused-ring (bicyclic) bond motifs is 1. The molecule has 2 aliphatic heterocycles. The molecule has 2 aliphatic rings. The highest BCUT2D eigenvalue weighted by Gasteiger charge is 2.31. The molecule has 1 amide bonds. The molecule has 1 unspecified atom stereocenters. The van der Waals surface area contributed by atoms with Crippen molar-refractivity contribution in [1.29, 1.82) is 0 Å². The molecule has 1 saturated heterocycles. The van der Waals surface area contributed by atoms with Crippen molar-refractivity contribution in [2.75, 3.05) is 28.7 Å². The molecule has 18 heavy (non-hydrogen) atoms. The number of nitrogens with two attached hydrogens (primary N) is 1. The first-order chi connectivity index (χ1) is 8.75. The number of thioether (sulfide) groups is 2. The molecular weight excluding hydrogens is 264 g/mol. The number of anilines is 2. The number of benzene rings is 1. The van der Waals surface area contributed by atoms with Crippen molar-refractivity contribution in [3.8, 4) is 0 Å². The normalized spacial score (nSPS) is 22.9.